The van der Waals surface area contributed by atoms with Crippen molar-refractivity contribution in [2.75, 3.05) is 13.1 Å². The van der Waals surface area contributed by atoms with Crippen LogP contribution in [0.5, 0.6) is 11.5 Å². The smallest absolute Gasteiger partial charge is 0.130 e. The van der Waals surface area contributed by atoms with Crippen LogP contribution in [0.3, 0.4) is 0 Å². The van der Waals surface area contributed by atoms with Crippen LogP contribution in [0.25, 0.3) is 0 Å². The van der Waals surface area contributed by atoms with E-state index in [4.69, 9.17) is 16.3 Å². The maximum atomic E-state index is 6.04. The molecule has 0 radical (unpaired) electrons. The molecule has 0 saturated carbocycles. The van der Waals surface area contributed by atoms with Gasteiger partial charge in [0.15, 0.2) is 0 Å². The van der Waals surface area contributed by atoms with Crippen LogP contribution in [-0.4, -0.2) is 13.1 Å². The van der Waals surface area contributed by atoms with Crippen LogP contribution in [-0.2, 0) is 0 Å². The summed E-state index contributed by atoms with van der Waals surface area (Å²) in [6.45, 7) is 2.16. The first-order valence-electron chi connectivity index (χ1n) is 7.06. The second kappa shape index (κ2) is 6.29. The van der Waals surface area contributed by atoms with Gasteiger partial charge in [0.25, 0.3) is 0 Å². The average Bonchev–Trinajstić information content (AvgIpc) is 2.49. The van der Waals surface area contributed by atoms with Gasteiger partial charge in [0.1, 0.15) is 11.5 Å². The predicted molar refractivity (Wildman–Crippen MR) is 82.8 cm³/mol. The average molecular weight is 288 g/mol. The molecule has 3 rings (SSSR count). The van der Waals surface area contributed by atoms with Crippen molar-refractivity contribution >= 4 is 11.6 Å². The lowest BCUT2D eigenvalue weighted by Gasteiger charge is -2.24. The van der Waals surface area contributed by atoms with Crippen molar-refractivity contribution in [3.05, 3.63) is 59.1 Å². The minimum atomic E-state index is 0.576. The van der Waals surface area contributed by atoms with Crippen molar-refractivity contribution in [1.29, 1.82) is 0 Å². The number of para-hydroxylation sites is 1. The molecule has 0 aromatic heterocycles. The van der Waals surface area contributed by atoms with Gasteiger partial charge in [-0.1, -0.05) is 35.9 Å². The van der Waals surface area contributed by atoms with E-state index < -0.39 is 0 Å². The lowest BCUT2D eigenvalue weighted by atomic mass is 9.89. The molecule has 2 aromatic rings. The highest BCUT2D eigenvalue weighted by Gasteiger charge is 2.18. The normalized spacial score (nSPS) is 16.1. The van der Waals surface area contributed by atoms with Crippen LogP contribution in [0.2, 0.25) is 5.02 Å². The van der Waals surface area contributed by atoms with Crippen molar-refractivity contribution in [1.82, 2.24) is 5.32 Å². The van der Waals surface area contributed by atoms with E-state index in [9.17, 15) is 0 Å². The van der Waals surface area contributed by atoms with Gasteiger partial charge in [-0.05, 0) is 61.7 Å². The third-order valence-corrected chi connectivity index (χ3v) is 3.96. The van der Waals surface area contributed by atoms with Crippen molar-refractivity contribution in [2.45, 2.75) is 18.8 Å². The summed E-state index contributed by atoms with van der Waals surface area (Å²) in [5.74, 6) is 2.31. The highest BCUT2D eigenvalue weighted by Crippen LogP contribution is 2.35. The number of benzene rings is 2. The van der Waals surface area contributed by atoms with Gasteiger partial charge in [-0.3, -0.25) is 0 Å². The highest BCUT2D eigenvalue weighted by atomic mass is 35.5. The molecule has 1 aliphatic rings. The van der Waals surface area contributed by atoms with Crippen molar-refractivity contribution in [2.24, 2.45) is 0 Å². The topological polar surface area (TPSA) is 21.3 Å². The maximum Gasteiger partial charge on any atom is 0.130 e. The molecule has 3 heteroatoms. The standard InChI is InChI=1S/C17H18ClNO/c18-14-4-3-5-15(12-14)20-17-7-2-1-6-16(17)13-8-10-19-11-9-13/h1-7,12-13,19H,8-11H2. The zero-order valence-corrected chi connectivity index (χ0v) is 12.1. The molecule has 2 aromatic carbocycles. The van der Waals surface area contributed by atoms with Gasteiger partial charge in [-0.15, -0.1) is 0 Å². The first kappa shape index (κ1) is 13.5. The van der Waals surface area contributed by atoms with Gasteiger partial charge >= 0.3 is 0 Å². The molecule has 1 N–H and O–H groups in total. The van der Waals surface area contributed by atoms with Gasteiger partial charge in [-0.25, -0.2) is 0 Å². The maximum absolute atomic E-state index is 6.04. The number of nitrogens with one attached hydrogen (secondary N) is 1. The Morgan fingerprint density at radius 3 is 2.60 bits per heavy atom. The lowest BCUT2D eigenvalue weighted by molar-refractivity contribution is 0.430. The number of ether oxygens (including phenoxy) is 1. The molecule has 0 amide bonds. The minimum absolute atomic E-state index is 0.576. The summed E-state index contributed by atoms with van der Waals surface area (Å²) in [5.41, 5.74) is 1.30. The molecular formula is C17H18ClNO. The summed E-state index contributed by atoms with van der Waals surface area (Å²) >= 11 is 6.01. The fourth-order valence-corrected chi connectivity index (χ4v) is 2.88. The summed E-state index contributed by atoms with van der Waals surface area (Å²) < 4.78 is 6.04. The lowest BCUT2D eigenvalue weighted by Crippen LogP contribution is -2.26. The monoisotopic (exact) mass is 287 g/mol. The quantitative estimate of drug-likeness (QED) is 0.891. The number of halogens is 1. The van der Waals surface area contributed by atoms with Crippen LogP contribution < -0.4 is 10.1 Å². The van der Waals surface area contributed by atoms with E-state index in [0.717, 1.165) is 37.4 Å². The molecule has 0 bridgehead atoms. The van der Waals surface area contributed by atoms with Gasteiger partial charge in [0.2, 0.25) is 0 Å². The van der Waals surface area contributed by atoms with Gasteiger partial charge in [-0.2, -0.15) is 0 Å². The molecule has 0 aliphatic carbocycles. The third-order valence-electron chi connectivity index (χ3n) is 3.72. The van der Waals surface area contributed by atoms with Gasteiger partial charge in [0.05, 0.1) is 0 Å². The van der Waals surface area contributed by atoms with Crippen molar-refractivity contribution < 1.29 is 4.74 Å². The van der Waals surface area contributed by atoms with Crippen molar-refractivity contribution in [3.63, 3.8) is 0 Å². The molecule has 0 unspecified atom stereocenters. The molecule has 104 valence electrons. The van der Waals surface area contributed by atoms with Crippen molar-refractivity contribution in [3.8, 4) is 11.5 Å². The van der Waals surface area contributed by atoms with E-state index in [1.165, 1.54) is 5.56 Å². The van der Waals surface area contributed by atoms with Crippen LogP contribution in [0.15, 0.2) is 48.5 Å². The van der Waals surface area contributed by atoms with E-state index in [-0.39, 0.29) is 0 Å². The molecule has 20 heavy (non-hydrogen) atoms. The first-order valence-corrected chi connectivity index (χ1v) is 7.44. The Balaban J connectivity index is 1.85. The van der Waals surface area contributed by atoms with Gasteiger partial charge < -0.3 is 10.1 Å². The molecule has 1 heterocycles. The van der Waals surface area contributed by atoms with Crippen LogP contribution in [0, 0.1) is 0 Å². The SMILES string of the molecule is Clc1cccc(Oc2ccccc2C2CCNCC2)c1. The summed E-state index contributed by atoms with van der Waals surface area (Å²) in [5, 5.41) is 4.10. The summed E-state index contributed by atoms with van der Waals surface area (Å²) in [4.78, 5) is 0. The number of rotatable bonds is 3. The number of hydrogen-bond acceptors (Lipinski definition) is 2. The second-order valence-corrected chi connectivity index (χ2v) is 5.56. The summed E-state index contributed by atoms with van der Waals surface area (Å²) in [6.07, 6.45) is 2.33. The highest BCUT2D eigenvalue weighted by molar-refractivity contribution is 6.30. The Morgan fingerprint density at radius 1 is 1.00 bits per heavy atom. The van der Waals surface area contributed by atoms with Crippen LogP contribution in [0.1, 0.15) is 24.3 Å². The predicted octanol–water partition coefficient (Wildman–Crippen LogP) is 4.60. The molecule has 1 saturated heterocycles. The molecule has 0 spiro atoms. The fraction of sp³-hybridized carbons (Fsp3) is 0.294. The number of hydrogen-bond donors (Lipinski definition) is 1. The molecule has 1 aliphatic heterocycles. The summed E-state index contributed by atoms with van der Waals surface area (Å²) in [6, 6.07) is 15.9. The Hall–Kier alpha value is -1.51. The Kier molecular flexibility index (Phi) is 4.24. The Bertz CT molecular complexity index is 579. The van der Waals surface area contributed by atoms with Gasteiger partial charge in [0, 0.05) is 5.02 Å². The minimum Gasteiger partial charge on any atom is -0.457 e. The summed E-state index contributed by atoms with van der Waals surface area (Å²) in [7, 11) is 0. The largest absolute Gasteiger partial charge is 0.457 e. The second-order valence-electron chi connectivity index (χ2n) is 5.12. The molecule has 1 fully saturated rings. The number of piperidine rings is 1. The van der Waals surface area contributed by atoms with Crippen LogP contribution in [0.4, 0.5) is 0 Å². The third kappa shape index (κ3) is 3.14. The molecule has 0 atom stereocenters. The Morgan fingerprint density at radius 2 is 1.80 bits per heavy atom. The van der Waals surface area contributed by atoms with E-state index in [1.54, 1.807) is 0 Å². The van der Waals surface area contributed by atoms with Crippen LogP contribution >= 0.6 is 11.6 Å². The zero-order valence-electron chi connectivity index (χ0n) is 11.3. The van der Waals surface area contributed by atoms with E-state index >= 15 is 0 Å². The fourth-order valence-electron chi connectivity index (χ4n) is 2.70. The van der Waals surface area contributed by atoms with E-state index in [0.29, 0.717) is 10.9 Å². The molecular weight excluding hydrogens is 270 g/mol. The van der Waals surface area contributed by atoms with E-state index in [2.05, 4.69) is 17.4 Å². The zero-order chi connectivity index (χ0) is 13.8. The first-order chi connectivity index (χ1) is 9.83. The van der Waals surface area contributed by atoms with E-state index in [1.807, 2.05) is 36.4 Å². The molecule has 2 nitrogen and oxygen atoms in total. The Labute approximate surface area is 124 Å².